The summed E-state index contributed by atoms with van der Waals surface area (Å²) in [5, 5.41) is 4.50. The Labute approximate surface area is 107 Å². The van der Waals surface area contributed by atoms with Gasteiger partial charge in [-0.05, 0) is 40.6 Å². The Bertz CT molecular complexity index is 757. The average molecular weight is 255 g/mol. The minimum atomic E-state index is -0.356. The van der Waals surface area contributed by atoms with Crippen LogP contribution < -0.4 is 5.63 Å². The van der Waals surface area contributed by atoms with Gasteiger partial charge in [-0.15, -0.1) is 0 Å². The van der Waals surface area contributed by atoms with E-state index in [1.165, 1.54) is 0 Å². The van der Waals surface area contributed by atoms with Crippen LogP contribution in [0.3, 0.4) is 0 Å². The van der Waals surface area contributed by atoms with E-state index in [1.807, 2.05) is 29.0 Å². The number of para-hydroxylation sites is 1. The van der Waals surface area contributed by atoms with Gasteiger partial charge in [0.1, 0.15) is 0 Å². The van der Waals surface area contributed by atoms with E-state index in [0.29, 0.717) is 16.8 Å². The van der Waals surface area contributed by atoms with Gasteiger partial charge >= 0.3 is 5.63 Å². The number of rotatable bonds is 2. The second-order valence-electron chi connectivity index (χ2n) is 3.75. The van der Waals surface area contributed by atoms with E-state index in [1.54, 1.807) is 35.6 Å². The number of fused-ring (bicyclic) bond motifs is 1. The van der Waals surface area contributed by atoms with Crippen LogP contribution in [-0.2, 0) is 0 Å². The standard InChI is InChI=1S/C14H9NO2S/c16-14-11-3-1-2-4-12(11)15-13(17-14)6-5-10-7-8-18-9-10/h1-9H. The molecule has 0 aliphatic heterocycles. The highest BCUT2D eigenvalue weighted by atomic mass is 32.1. The van der Waals surface area contributed by atoms with Crippen LogP contribution in [-0.4, -0.2) is 4.98 Å². The first-order chi connectivity index (χ1) is 8.83. The van der Waals surface area contributed by atoms with E-state index in [4.69, 9.17) is 4.42 Å². The van der Waals surface area contributed by atoms with E-state index in [9.17, 15) is 4.79 Å². The second kappa shape index (κ2) is 4.58. The van der Waals surface area contributed by atoms with Gasteiger partial charge in [-0.3, -0.25) is 0 Å². The Morgan fingerprint density at radius 3 is 2.89 bits per heavy atom. The molecule has 2 aromatic heterocycles. The summed E-state index contributed by atoms with van der Waals surface area (Å²) in [7, 11) is 0. The summed E-state index contributed by atoms with van der Waals surface area (Å²) in [4.78, 5) is 16.0. The Kier molecular flexibility index (Phi) is 2.78. The van der Waals surface area contributed by atoms with E-state index in [0.717, 1.165) is 5.56 Å². The number of aromatic nitrogens is 1. The number of thiophene rings is 1. The van der Waals surface area contributed by atoms with Crippen molar-refractivity contribution >= 4 is 34.4 Å². The molecule has 3 aromatic rings. The van der Waals surface area contributed by atoms with Crippen LogP contribution in [0.2, 0.25) is 0 Å². The molecule has 0 unspecified atom stereocenters. The maximum atomic E-state index is 11.7. The zero-order valence-corrected chi connectivity index (χ0v) is 10.2. The fourth-order valence-corrected chi connectivity index (χ4v) is 2.27. The first-order valence-electron chi connectivity index (χ1n) is 5.43. The molecule has 88 valence electrons. The lowest BCUT2D eigenvalue weighted by Gasteiger charge is -1.96. The Morgan fingerprint density at radius 2 is 2.06 bits per heavy atom. The molecule has 0 radical (unpaired) electrons. The van der Waals surface area contributed by atoms with Gasteiger partial charge in [-0.25, -0.2) is 9.78 Å². The summed E-state index contributed by atoms with van der Waals surface area (Å²) in [6.45, 7) is 0. The topological polar surface area (TPSA) is 43.1 Å². The Hall–Kier alpha value is -2.20. The largest absolute Gasteiger partial charge is 0.404 e. The summed E-state index contributed by atoms with van der Waals surface area (Å²) in [6.07, 6.45) is 3.58. The van der Waals surface area contributed by atoms with E-state index >= 15 is 0 Å². The van der Waals surface area contributed by atoms with Gasteiger partial charge in [0.05, 0.1) is 10.9 Å². The molecule has 0 bridgehead atoms. The van der Waals surface area contributed by atoms with Crippen LogP contribution in [0, 0.1) is 0 Å². The van der Waals surface area contributed by atoms with Crippen molar-refractivity contribution < 1.29 is 4.42 Å². The van der Waals surface area contributed by atoms with Gasteiger partial charge in [0, 0.05) is 6.08 Å². The number of hydrogen-bond acceptors (Lipinski definition) is 4. The molecule has 0 spiro atoms. The molecule has 0 atom stereocenters. The average Bonchev–Trinajstić information content (AvgIpc) is 2.90. The molecule has 0 aliphatic carbocycles. The summed E-state index contributed by atoms with van der Waals surface area (Å²) >= 11 is 1.62. The first-order valence-corrected chi connectivity index (χ1v) is 6.37. The van der Waals surface area contributed by atoms with Crippen LogP contribution in [0.15, 0.2) is 50.3 Å². The molecule has 3 rings (SSSR count). The molecule has 0 N–H and O–H groups in total. The molecule has 4 heteroatoms. The van der Waals surface area contributed by atoms with Crippen molar-refractivity contribution in [3.8, 4) is 0 Å². The highest BCUT2D eigenvalue weighted by Crippen LogP contribution is 2.12. The molecule has 2 heterocycles. The number of nitrogens with zero attached hydrogens (tertiary/aromatic N) is 1. The molecule has 1 aromatic carbocycles. The lowest BCUT2D eigenvalue weighted by atomic mass is 10.2. The normalized spacial score (nSPS) is 11.3. The zero-order valence-electron chi connectivity index (χ0n) is 9.37. The van der Waals surface area contributed by atoms with Crippen LogP contribution in [0.5, 0.6) is 0 Å². The third-order valence-corrected chi connectivity index (χ3v) is 3.21. The van der Waals surface area contributed by atoms with Gasteiger partial charge in [0.2, 0.25) is 5.89 Å². The number of benzene rings is 1. The van der Waals surface area contributed by atoms with Gasteiger partial charge in [-0.1, -0.05) is 12.1 Å². The van der Waals surface area contributed by atoms with Gasteiger partial charge in [0.15, 0.2) is 0 Å². The van der Waals surface area contributed by atoms with Gasteiger partial charge in [0.25, 0.3) is 0 Å². The van der Waals surface area contributed by atoms with E-state index < -0.39 is 0 Å². The van der Waals surface area contributed by atoms with Crippen LogP contribution in [0.1, 0.15) is 11.5 Å². The third kappa shape index (κ3) is 2.10. The van der Waals surface area contributed by atoms with Crippen molar-refractivity contribution in [1.29, 1.82) is 0 Å². The molecule has 0 saturated carbocycles. The fraction of sp³-hybridized carbons (Fsp3) is 0. The first kappa shape index (κ1) is 10.9. The lowest BCUT2D eigenvalue weighted by Crippen LogP contribution is -2.02. The van der Waals surface area contributed by atoms with Crippen molar-refractivity contribution in [2.24, 2.45) is 0 Å². The Balaban J connectivity index is 2.06. The van der Waals surface area contributed by atoms with E-state index in [-0.39, 0.29) is 5.63 Å². The van der Waals surface area contributed by atoms with Crippen molar-refractivity contribution in [1.82, 2.24) is 4.98 Å². The lowest BCUT2D eigenvalue weighted by molar-refractivity contribution is 0.491. The maximum absolute atomic E-state index is 11.7. The van der Waals surface area contributed by atoms with Crippen LogP contribution >= 0.6 is 11.3 Å². The van der Waals surface area contributed by atoms with Crippen molar-refractivity contribution in [3.63, 3.8) is 0 Å². The minimum absolute atomic E-state index is 0.324. The monoisotopic (exact) mass is 255 g/mol. The highest BCUT2D eigenvalue weighted by molar-refractivity contribution is 7.08. The molecule has 18 heavy (non-hydrogen) atoms. The molecular weight excluding hydrogens is 246 g/mol. The summed E-state index contributed by atoms with van der Waals surface area (Å²) in [5.41, 5.74) is 1.36. The van der Waals surface area contributed by atoms with Crippen molar-refractivity contribution in [3.05, 3.63) is 63.0 Å². The predicted octanol–water partition coefficient (Wildman–Crippen LogP) is 3.42. The predicted molar refractivity (Wildman–Crippen MR) is 73.5 cm³/mol. The maximum Gasteiger partial charge on any atom is 0.347 e. The molecule has 0 amide bonds. The summed E-state index contributed by atoms with van der Waals surface area (Å²) in [5.74, 6) is 0.324. The molecule has 3 nitrogen and oxygen atoms in total. The molecule has 0 aliphatic rings. The van der Waals surface area contributed by atoms with Crippen LogP contribution in [0.25, 0.3) is 23.1 Å². The quantitative estimate of drug-likeness (QED) is 0.704. The van der Waals surface area contributed by atoms with Crippen molar-refractivity contribution in [2.45, 2.75) is 0 Å². The minimum Gasteiger partial charge on any atom is -0.404 e. The Morgan fingerprint density at radius 1 is 1.17 bits per heavy atom. The summed E-state index contributed by atoms with van der Waals surface area (Å²) in [6, 6.07) is 9.14. The molecule has 0 fully saturated rings. The zero-order chi connectivity index (χ0) is 12.4. The second-order valence-corrected chi connectivity index (χ2v) is 4.53. The smallest absolute Gasteiger partial charge is 0.347 e. The SMILES string of the molecule is O=c1oc(C=Cc2ccsc2)nc2ccccc12. The van der Waals surface area contributed by atoms with E-state index in [2.05, 4.69) is 4.98 Å². The highest BCUT2D eigenvalue weighted by Gasteiger charge is 2.02. The molecular formula is C14H9NO2S. The fourth-order valence-electron chi connectivity index (χ4n) is 1.64. The van der Waals surface area contributed by atoms with Crippen molar-refractivity contribution in [2.75, 3.05) is 0 Å². The molecule has 0 saturated heterocycles. The van der Waals surface area contributed by atoms with Gasteiger partial charge in [-0.2, -0.15) is 11.3 Å². The van der Waals surface area contributed by atoms with Gasteiger partial charge < -0.3 is 4.42 Å². The van der Waals surface area contributed by atoms with Crippen LogP contribution in [0.4, 0.5) is 0 Å². The number of hydrogen-bond donors (Lipinski definition) is 0. The summed E-state index contributed by atoms with van der Waals surface area (Å²) < 4.78 is 5.14. The third-order valence-electron chi connectivity index (χ3n) is 2.51.